The van der Waals surface area contributed by atoms with E-state index in [2.05, 4.69) is 0 Å². The van der Waals surface area contributed by atoms with Gasteiger partial charge in [-0.25, -0.2) is 4.79 Å². The summed E-state index contributed by atoms with van der Waals surface area (Å²) in [7, 11) is 0. The third-order valence-electron chi connectivity index (χ3n) is 3.29. The number of carbonyl (C=O) groups is 1. The molecule has 0 unspecified atom stereocenters. The molecule has 1 aromatic heterocycles. The lowest BCUT2D eigenvalue weighted by atomic mass is 10.0. The van der Waals surface area contributed by atoms with Crippen molar-refractivity contribution in [2.45, 2.75) is 26.7 Å². The van der Waals surface area contributed by atoms with Crippen LogP contribution in [-0.2, 0) is 16.0 Å². The Labute approximate surface area is 120 Å². The Morgan fingerprint density at radius 3 is 2.71 bits per heavy atom. The first kappa shape index (κ1) is 14.9. The highest BCUT2D eigenvalue weighted by atomic mass is 16.5. The van der Waals surface area contributed by atoms with Crippen LogP contribution in [-0.4, -0.2) is 22.8 Å². The predicted molar refractivity (Wildman–Crippen MR) is 75.5 cm³/mol. The van der Waals surface area contributed by atoms with Gasteiger partial charge in [-0.1, -0.05) is 0 Å². The first-order valence-electron chi connectivity index (χ1n) is 6.58. The molecule has 0 atom stereocenters. The number of aryl methyl sites for hydroxylation is 1. The van der Waals surface area contributed by atoms with Gasteiger partial charge in [-0.3, -0.25) is 4.79 Å². The largest absolute Gasteiger partial charge is 0.504 e. The maximum Gasteiger partial charge on any atom is 0.339 e. The molecule has 6 heteroatoms. The fourth-order valence-electron chi connectivity index (χ4n) is 2.18. The number of benzene rings is 1. The van der Waals surface area contributed by atoms with Gasteiger partial charge in [0, 0.05) is 17.4 Å². The maximum atomic E-state index is 12.0. The van der Waals surface area contributed by atoms with Gasteiger partial charge in [0.2, 0.25) is 5.75 Å². The topological polar surface area (TPSA) is 97.0 Å². The minimum atomic E-state index is -0.634. The van der Waals surface area contributed by atoms with Crippen LogP contribution >= 0.6 is 0 Å². The van der Waals surface area contributed by atoms with Crippen LogP contribution in [0.15, 0.2) is 21.3 Å². The first-order valence-corrected chi connectivity index (χ1v) is 6.58. The smallest absolute Gasteiger partial charge is 0.339 e. The van der Waals surface area contributed by atoms with Crippen molar-refractivity contribution in [1.82, 2.24) is 0 Å². The molecule has 112 valence electrons. The van der Waals surface area contributed by atoms with E-state index in [-0.39, 0.29) is 36.8 Å². The lowest BCUT2D eigenvalue weighted by Gasteiger charge is -2.09. The molecule has 0 aliphatic carbocycles. The van der Waals surface area contributed by atoms with Gasteiger partial charge >= 0.3 is 11.6 Å². The second kappa shape index (κ2) is 5.87. The van der Waals surface area contributed by atoms with Crippen LogP contribution in [0.25, 0.3) is 11.0 Å². The summed E-state index contributed by atoms with van der Waals surface area (Å²) in [6.45, 7) is 3.70. The van der Waals surface area contributed by atoms with E-state index in [9.17, 15) is 19.8 Å². The Balaban J connectivity index is 2.44. The van der Waals surface area contributed by atoms with E-state index < -0.39 is 11.4 Å². The molecule has 21 heavy (non-hydrogen) atoms. The highest BCUT2D eigenvalue weighted by Gasteiger charge is 2.16. The minimum absolute atomic E-state index is 0.0580. The fraction of sp³-hybridized carbons (Fsp3) is 0.333. The molecule has 0 saturated carbocycles. The van der Waals surface area contributed by atoms with Crippen molar-refractivity contribution in [3.8, 4) is 11.5 Å². The molecule has 0 aliphatic rings. The summed E-state index contributed by atoms with van der Waals surface area (Å²) in [6.07, 6.45) is 0.277. The molecule has 2 N–H and O–H groups in total. The van der Waals surface area contributed by atoms with Crippen molar-refractivity contribution in [1.29, 1.82) is 0 Å². The van der Waals surface area contributed by atoms with Gasteiger partial charge in [0.1, 0.15) is 0 Å². The van der Waals surface area contributed by atoms with Crippen LogP contribution in [0.4, 0.5) is 0 Å². The molecule has 2 rings (SSSR count). The number of rotatable bonds is 4. The van der Waals surface area contributed by atoms with Crippen molar-refractivity contribution in [2.24, 2.45) is 0 Å². The second-order valence-electron chi connectivity index (χ2n) is 4.61. The first-order chi connectivity index (χ1) is 9.95. The van der Waals surface area contributed by atoms with Gasteiger partial charge in [-0.05, 0) is 38.0 Å². The summed E-state index contributed by atoms with van der Waals surface area (Å²) in [6, 6.07) is 2.87. The molecule has 0 amide bonds. The van der Waals surface area contributed by atoms with Crippen LogP contribution in [0.1, 0.15) is 24.5 Å². The van der Waals surface area contributed by atoms with Crippen LogP contribution in [0, 0.1) is 6.92 Å². The van der Waals surface area contributed by atoms with Gasteiger partial charge in [-0.15, -0.1) is 0 Å². The molecular formula is C15H16O6. The molecule has 0 fully saturated rings. The summed E-state index contributed by atoms with van der Waals surface area (Å²) in [4.78, 5) is 23.3. The van der Waals surface area contributed by atoms with Gasteiger partial charge in [-0.2, -0.15) is 0 Å². The predicted octanol–water partition coefficient (Wildman–Crippen LogP) is 2.01. The van der Waals surface area contributed by atoms with E-state index in [0.717, 1.165) is 0 Å². The number of ether oxygens (including phenoxy) is 1. The van der Waals surface area contributed by atoms with Crippen LogP contribution in [0.3, 0.4) is 0 Å². The molecule has 2 aromatic rings. The zero-order chi connectivity index (χ0) is 15.6. The van der Waals surface area contributed by atoms with E-state index in [4.69, 9.17) is 9.15 Å². The average molecular weight is 292 g/mol. The summed E-state index contributed by atoms with van der Waals surface area (Å²) < 4.78 is 9.88. The number of aromatic hydroxyl groups is 2. The maximum absolute atomic E-state index is 12.0. The minimum Gasteiger partial charge on any atom is -0.504 e. The van der Waals surface area contributed by atoms with E-state index in [1.54, 1.807) is 19.9 Å². The van der Waals surface area contributed by atoms with Gasteiger partial charge < -0.3 is 19.4 Å². The summed E-state index contributed by atoms with van der Waals surface area (Å²) >= 11 is 0. The number of hydrogen-bond donors (Lipinski definition) is 2. The molecule has 0 aliphatic heterocycles. The summed E-state index contributed by atoms with van der Waals surface area (Å²) in [5, 5.41) is 19.7. The summed E-state index contributed by atoms with van der Waals surface area (Å²) in [5.74, 6) is -1.21. The molecule has 0 saturated heterocycles. The molecule has 0 bridgehead atoms. The Morgan fingerprint density at radius 1 is 1.33 bits per heavy atom. The van der Waals surface area contributed by atoms with Crippen LogP contribution < -0.4 is 5.63 Å². The van der Waals surface area contributed by atoms with Gasteiger partial charge in [0.05, 0.1) is 6.61 Å². The number of fused-ring (bicyclic) bond motifs is 1. The lowest BCUT2D eigenvalue weighted by Crippen LogP contribution is -2.13. The third-order valence-corrected chi connectivity index (χ3v) is 3.29. The Kier molecular flexibility index (Phi) is 4.16. The molecule has 1 heterocycles. The van der Waals surface area contributed by atoms with Gasteiger partial charge in [0.25, 0.3) is 0 Å². The number of phenols is 2. The number of carbonyl (C=O) groups excluding carboxylic acids is 1. The van der Waals surface area contributed by atoms with Gasteiger partial charge in [0.15, 0.2) is 11.3 Å². The monoisotopic (exact) mass is 292 g/mol. The summed E-state index contributed by atoms with van der Waals surface area (Å²) in [5.41, 5.74) is 0.282. The van der Waals surface area contributed by atoms with E-state index in [0.29, 0.717) is 16.5 Å². The van der Waals surface area contributed by atoms with Crippen molar-refractivity contribution in [3.63, 3.8) is 0 Å². The Bertz CT molecular complexity index is 744. The Morgan fingerprint density at radius 2 is 2.05 bits per heavy atom. The third kappa shape index (κ3) is 2.84. The quantitative estimate of drug-likeness (QED) is 0.508. The zero-order valence-electron chi connectivity index (χ0n) is 11.8. The molecule has 6 nitrogen and oxygen atoms in total. The highest BCUT2D eigenvalue weighted by molar-refractivity contribution is 5.88. The van der Waals surface area contributed by atoms with Crippen molar-refractivity contribution in [2.75, 3.05) is 6.61 Å². The molecule has 0 radical (unpaired) electrons. The number of esters is 1. The number of hydrogen-bond acceptors (Lipinski definition) is 6. The van der Waals surface area contributed by atoms with E-state index >= 15 is 0 Å². The van der Waals surface area contributed by atoms with Crippen LogP contribution in [0.5, 0.6) is 11.5 Å². The molecule has 1 aromatic carbocycles. The molecular weight excluding hydrogens is 276 g/mol. The van der Waals surface area contributed by atoms with Crippen molar-refractivity contribution in [3.05, 3.63) is 33.7 Å². The van der Waals surface area contributed by atoms with Crippen molar-refractivity contribution < 1.29 is 24.2 Å². The zero-order valence-corrected chi connectivity index (χ0v) is 11.8. The lowest BCUT2D eigenvalue weighted by molar-refractivity contribution is -0.143. The highest BCUT2D eigenvalue weighted by Crippen LogP contribution is 2.34. The van der Waals surface area contributed by atoms with E-state index in [1.807, 2.05) is 0 Å². The average Bonchev–Trinajstić information content (AvgIpc) is 2.43. The second-order valence-corrected chi connectivity index (χ2v) is 4.61. The van der Waals surface area contributed by atoms with Crippen LogP contribution in [0.2, 0.25) is 0 Å². The normalized spacial score (nSPS) is 10.8. The number of phenolic OH excluding ortho intramolecular Hbond substituents is 2. The molecule has 0 spiro atoms. The standard InChI is InChI=1S/C15H16O6/c1-3-20-12(17)7-5-10-8(2)9-4-6-11(16)13(18)14(9)21-15(10)19/h4,6,16,18H,3,5,7H2,1-2H3. The SMILES string of the molecule is CCOC(=O)CCc1c(C)c2ccc(O)c(O)c2oc1=O. The van der Waals surface area contributed by atoms with E-state index in [1.165, 1.54) is 6.07 Å². The van der Waals surface area contributed by atoms with Crippen molar-refractivity contribution >= 4 is 16.9 Å². The Hall–Kier alpha value is -2.50. The fourth-order valence-corrected chi connectivity index (χ4v) is 2.18.